The molecule has 2 heterocycles. The summed E-state index contributed by atoms with van der Waals surface area (Å²) in [4.78, 5) is 20.8. The lowest BCUT2D eigenvalue weighted by Gasteiger charge is -2.36. The lowest BCUT2D eigenvalue weighted by atomic mass is 10.2. The molecule has 1 fully saturated rings. The van der Waals surface area contributed by atoms with Gasteiger partial charge < -0.3 is 14.6 Å². The van der Waals surface area contributed by atoms with Gasteiger partial charge in [0.05, 0.1) is 12.2 Å². The van der Waals surface area contributed by atoms with E-state index in [1.165, 1.54) is 0 Å². The molecule has 2 rings (SSSR count). The van der Waals surface area contributed by atoms with Crippen LogP contribution in [0, 0.1) is 0 Å². The van der Waals surface area contributed by atoms with E-state index >= 15 is 0 Å². The number of nitrogens with zero attached hydrogens (tertiary/aromatic N) is 2. The van der Waals surface area contributed by atoms with Gasteiger partial charge in [0.2, 0.25) is 0 Å². The number of aromatic amines is 1. The van der Waals surface area contributed by atoms with Crippen LogP contribution in [0.4, 0.5) is 5.82 Å². The Hall–Kier alpha value is -1.36. The topological polar surface area (TPSA) is 58.2 Å². The predicted octanol–water partition coefficient (Wildman–Crippen LogP) is 0.946. The average molecular weight is 237 g/mol. The molecule has 1 aromatic rings. The second kappa shape index (κ2) is 4.87. The highest BCUT2D eigenvalue weighted by atomic mass is 16.5. The van der Waals surface area contributed by atoms with Crippen molar-refractivity contribution in [2.45, 2.75) is 39.4 Å². The van der Waals surface area contributed by atoms with Crippen LogP contribution in [-0.4, -0.2) is 35.3 Å². The van der Waals surface area contributed by atoms with Gasteiger partial charge in [-0.3, -0.25) is 4.79 Å². The molecule has 1 saturated heterocycles. The first kappa shape index (κ1) is 12.1. The SMILES string of the molecule is CCc1nc(N2C[C@@H](C)O[C@@H](C)C2)cc(=O)[nH]1. The summed E-state index contributed by atoms with van der Waals surface area (Å²) in [5, 5.41) is 0. The number of H-pyrrole nitrogens is 1. The van der Waals surface area contributed by atoms with Gasteiger partial charge in [-0.25, -0.2) is 4.98 Å². The fourth-order valence-electron chi connectivity index (χ4n) is 2.19. The summed E-state index contributed by atoms with van der Waals surface area (Å²) in [6.45, 7) is 7.62. The molecule has 0 saturated carbocycles. The Morgan fingerprint density at radius 1 is 1.47 bits per heavy atom. The molecule has 0 radical (unpaired) electrons. The molecular formula is C12H19N3O2. The number of hydrogen-bond donors (Lipinski definition) is 1. The normalized spacial score (nSPS) is 25.0. The number of anilines is 1. The van der Waals surface area contributed by atoms with Crippen molar-refractivity contribution in [3.05, 3.63) is 22.2 Å². The maximum atomic E-state index is 11.5. The molecule has 5 heteroatoms. The van der Waals surface area contributed by atoms with Crippen molar-refractivity contribution in [3.63, 3.8) is 0 Å². The number of morpholine rings is 1. The quantitative estimate of drug-likeness (QED) is 0.832. The van der Waals surface area contributed by atoms with E-state index in [9.17, 15) is 4.79 Å². The van der Waals surface area contributed by atoms with Gasteiger partial charge >= 0.3 is 0 Å². The Bertz CT molecular complexity index is 434. The van der Waals surface area contributed by atoms with Crippen molar-refractivity contribution in [1.29, 1.82) is 0 Å². The van der Waals surface area contributed by atoms with Crippen molar-refractivity contribution < 1.29 is 4.74 Å². The van der Waals surface area contributed by atoms with Crippen LogP contribution in [0.2, 0.25) is 0 Å². The summed E-state index contributed by atoms with van der Waals surface area (Å²) in [5.74, 6) is 1.49. The lowest BCUT2D eigenvalue weighted by molar-refractivity contribution is -0.00548. The molecule has 1 aliphatic heterocycles. The van der Waals surface area contributed by atoms with Crippen LogP contribution in [0.5, 0.6) is 0 Å². The standard InChI is InChI=1S/C12H19N3O2/c1-4-10-13-11(5-12(16)14-10)15-6-8(2)17-9(3)7-15/h5,8-9H,4,6-7H2,1-3H3,(H,13,14,16)/t8-,9+. The fourth-order valence-corrected chi connectivity index (χ4v) is 2.19. The predicted molar refractivity (Wildman–Crippen MR) is 66.5 cm³/mol. The highest BCUT2D eigenvalue weighted by Crippen LogP contribution is 2.16. The Morgan fingerprint density at radius 2 is 2.12 bits per heavy atom. The third-order valence-electron chi connectivity index (χ3n) is 2.86. The Morgan fingerprint density at radius 3 is 2.71 bits per heavy atom. The van der Waals surface area contributed by atoms with Crippen LogP contribution in [0.25, 0.3) is 0 Å². The number of nitrogens with one attached hydrogen (secondary N) is 1. The smallest absolute Gasteiger partial charge is 0.252 e. The van der Waals surface area contributed by atoms with E-state index in [0.717, 1.165) is 31.2 Å². The summed E-state index contributed by atoms with van der Waals surface area (Å²) in [5.41, 5.74) is -0.0846. The van der Waals surface area contributed by atoms with E-state index < -0.39 is 0 Å². The highest BCUT2D eigenvalue weighted by molar-refractivity contribution is 5.38. The molecule has 94 valence electrons. The molecule has 1 aromatic heterocycles. The molecule has 1 aliphatic rings. The van der Waals surface area contributed by atoms with Crippen molar-refractivity contribution in [2.75, 3.05) is 18.0 Å². The molecule has 1 N–H and O–H groups in total. The van der Waals surface area contributed by atoms with E-state index in [1.54, 1.807) is 6.07 Å². The first-order valence-corrected chi connectivity index (χ1v) is 6.09. The van der Waals surface area contributed by atoms with Gasteiger partial charge in [-0.1, -0.05) is 6.92 Å². The highest BCUT2D eigenvalue weighted by Gasteiger charge is 2.23. The van der Waals surface area contributed by atoms with Crippen molar-refractivity contribution in [2.24, 2.45) is 0 Å². The Kier molecular flexibility index (Phi) is 3.47. The number of aromatic nitrogens is 2. The number of ether oxygens (including phenoxy) is 1. The maximum absolute atomic E-state index is 11.5. The fraction of sp³-hybridized carbons (Fsp3) is 0.667. The lowest BCUT2D eigenvalue weighted by Crippen LogP contribution is -2.46. The molecule has 5 nitrogen and oxygen atoms in total. The van der Waals surface area contributed by atoms with Gasteiger partial charge in [0.25, 0.3) is 5.56 Å². The molecule has 0 aromatic carbocycles. The van der Waals surface area contributed by atoms with Gasteiger partial charge in [0, 0.05) is 25.6 Å². The molecule has 2 atom stereocenters. The first-order chi connectivity index (χ1) is 8.08. The first-order valence-electron chi connectivity index (χ1n) is 6.09. The van der Waals surface area contributed by atoms with Gasteiger partial charge in [-0.15, -0.1) is 0 Å². The van der Waals surface area contributed by atoms with E-state index in [0.29, 0.717) is 0 Å². The largest absolute Gasteiger partial charge is 0.372 e. The molecule has 0 amide bonds. The summed E-state index contributed by atoms with van der Waals surface area (Å²) in [6.07, 6.45) is 1.08. The Labute approximate surface area is 101 Å². The van der Waals surface area contributed by atoms with Crippen LogP contribution < -0.4 is 10.5 Å². The minimum Gasteiger partial charge on any atom is -0.372 e. The summed E-state index contributed by atoms with van der Waals surface area (Å²) in [7, 11) is 0. The zero-order valence-electron chi connectivity index (χ0n) is 10.6. The van der Waals surface area contributed by atoms with Crippen molar-refractivity contribution in [3.8, 4) is 0 Å². The van der Waals surface area contributed by atoms with E-state index in [4.69, 9.17) is 4.74 Å². The molecule has 0 spiro atoms. The van der Waals surface area contributed by atoms with Crippen LogP contribution in [0.1, 0.15) is 26.6 Å². The van der Waals surface area contributed by atoms with Crippen LogP contribution in [-0.2, 0) is 11.2 Å². The number of aryl methyl sites for hydroxylation is 1. The minimum atomic E-state index is -0.0846. The number of rotatable bonds is 2. The number of hydrogen-bond acceptors (Lipinski definition) is 4. The summed E-state index contributed by atoms with van der Waals surface area (Å²) >= 11 is 0. The Balaban J connectivity index is 2.26. The average Bonchev–Trinajstić information content (AvgIpc) is 2.26. The molecule has 17 heavy (non-hydrogen) atoms. The van der Waals surface area contributed by atoms with Crippen molar-refractivity contribution in [1.82, 2.24) is 9.97 Å². The van der Waals surface area contributed by atoms with Gasteiger partial charge in [0.15, 0.2) is 0 Å². The van der Waals surface area contributed by atoms with E-state index in [1.807, 2.05) is 20.8 Å². The van der Waals surface area contributed by atoms with Crippen LogP contribution in [0.3, 0.4) is 0 Å². The minimum absolute atomic E-state index is 0.0846. The third kappa shape index (κ3) is 2.85. The van der Waals surface area contributed by atoms with Crippen molar-refractivity contribution >= 4 is 5.82 Å². The monoisotopic (exact) mass is 237 g/mol. The van der Waals surface area contributed by atoms with E-state index in [2.05, 4.69) is 14.9 Å². The molecular weight excluding hydrogens is 218 g/mol. The second-order valence-electron chi connectivity index (χ2n) is 4.57. The van der Waals surface area contributed by atoms with Gasteiger partial charge in [-0.2, -0.15) is 0 Å². The third-order valence-corrected chi connectivity index (χ3v) is 2.86. The van der Waals surface area contributed by atoms with Gasteiger partial charge in [-0.05, 0) is 13.8 Å². The molecule has 0 aliphatic carbocycles. The zero-order valence-corrected chi connectivity index (χ0v) is 10.6. The second-order valence-corrected chi connectivity index (χ2v) is 4.57. The molecule has 0 bridgehead atoms. The molecule has 0 unspecified atom stereocenters. The van der Waals surface area contributed by atoms with Crippen LogP contribution >= 0.6 is 0 Å². The van der Waals surface area contributed by atoms with E-state index in [-0.39, 0.29) is 17.8 Å². The summed E-state index contributed by atoms with van der Waals surface area (Å²) in [6, 6.07) is 1.56. The maximum Gasteiger partial charge on any atom is 0.252 e. The summed E-state index contributed by atoms with van der Waals surface area (Å²) < 4.78 is 5.67. The van der Waals surface area contributed by atoms with Gasteiger partial charge in [0.1, 0.15) is 11.6 Å². The zero-order chi connectivity index (χ0) is 12.4. The van der Waals surface area contributed by atoms with Crippen LogP contribution in [0.15, 0.2) is 10.9 Å².